The Morgan fingerprint density at radius 1 is 1.35 bits per heavy atom. The molecule has 4 heteroatoms. The molecule has 1 N–H and O–H groups in total. The molecule has 0 spiro atoms. The maximum Gasteiger partial charge on any atom is 0.0674 e. The average molecular weight is 271 g/mol. The number of benzene rings is 1. The van der Waals surface area contributed by atoms with E-state index >= 15 is 0 Å². The molecule has 0 aliphatic carbocycles. The van der Waals surface area contributed by atoms with Crippen LogP contribution in [0, 0.1) is 6.92 Å². The average Bonchev–Trinajstić information content (AvgIpc) is 3.09. The van der Waals surface area contributed by atoms with Crippen LogP contribution in [-0.2, 0) is 6.54 Å². The van der Waals surface area contributed by atoms with Crippen molar-refractivity contribution in [1.82, 2.24) is 14.7 Å². The van der Waals surface area contributed by atoms with E-state index in [0.29, 0.717) is 6.04 Å². The summed E-state index contributed by atoms with van der Waals surface area (Å²) in [5.74, 6) is 0. The number of likely N-dealkylation sites (tertiary alicyclic amines) is 1. The summed E-state index contributed by atoms with van der Waals surface area (Å²) in [6.07, 6.45) is 6.30. The zero-order valence-corrected chi connectivity index (χ0v) is 11.9. The van der Waals surface area contributed by atoms with Crippen molar-refractivity contribution in [3.63, 3.8) is 0 Å². The van der Waals surface area contributed by atoms with Crippen molar-refractivity contribution in [3.05, 3.63) is 47.8 Å². The third-order valence-corrected chi connectivity index (χ3v) is 4.09. The molecule has 1 atom stereocenters. The smallest absolute Gasteiger partial charge is 0.0674 e. The number of rotatable bonds is 4. The fourth-order valence-electron chi connectivity index (χ4n) is 2.94. The second-order valence-corrected chi connectivity index (χ2v) is 5.53. The molecule has 0 radical (unpaired) electrons. The molecular formula is C16H21N3O. The minimum absolute atomic E-state index is 0.256. The summed E-state index contributed by atoms with van der Waals surface area (Å²) in [7, 11) is 0. The van der Waals surface area contributed by atoms with Crippen LogP contribution in [0.3, 0.4) is 0 Å². The Hall–Kier alpha value is -1.65. The Bertz CT molecular complexity index is 579. The third-order valence-electron chi connectivity index (χ3n) is 4.09. The SMILES string of the molecule is Cc1ccccc1-n1cc(CN2CCC[C@H]2CO)cn1. The molecule has 2 aromatic rings. The second-order valence-electron chi connectivity index (χ2n) is 5.53. The molecule has 20 heavy (non-hydrogen) atoms. The number of aliphatic hydroxyl groups excluding tert-OH is 1. The topological polar surface area (TPSA) is 41.3 Å². The lowest BCUT2D eigenvalue weighted by Crippen LogP contribution is -2.31. The number of aliphatic hydroxyl groups is 1. The second kappa shape index (κ2) is 5.77. The van der Waals surface area contributed by atoms with Crippen LogP contribution in [-0.4, -0.2) is 39.0 Å². The first kappa shape index (κ1) is 13.3. The highest BCUT2D eigenvalue weighted by Gasteiger charge is 2.23. The van der Waals surface area contributed by atoms with Gasteiger partial charge in [0.2, 0.25) is 0 Å². The molecule has 2 heterocycles. The van der Waals surface area contributed by atoms with Crippen molar-refractivity contribution in [3.8, 4) is 5.69 Å². The maximum absolute atomic E-state index is 9.37. The van der Waals surface area contributed by atoms with E-state index in [9.17, 15) is 5.11 Å². The summed E-state index contributed by atoms with van der Waals surface area (Å²) in [6.45, 7) is 4.29. The molecule has 0 amide bonds. The number of para-hydroxylation sites is 1. The Morgan fingerprint density at radius 2 is 2.20 bits per heavy atom. The Balaban J connectivity index is 1.76. The number of nitrogens with zero attached hydrogens (tertiary/aromatic N) is 3. The summed E-state index contributed by atoms with van der Waals surface area (Å²) < 4.78 is 1.94. The van der Waals surface area contributed by atoms with E-state index in [1.165, 1.54) is 17.5 Å². The minimum Gasteiger partial charge on any atom is -0.395 e. The fraction of sp³-hybridized carbons (Fsp3) is 0.438. The summed E-state index contributed by atoms with van der Waals surface area (Å²) in [4.78, 5) is 2.35. The lowest BCUT2D eigenvalue weighted by molar-refractivity contribution is 0.153. The summed E-state index contributed by atoms with van der Waals surface area (Å²) >= 11 is 0. The Morgan fingerprint density at radius 3 is 3.00 bits per heavy atom. The highest BCUT2D eigenvalue weighted by Crippen LogP contribution is 2.20. The van der Waals surface area contributed by atoms with Gasteiger partial charge in [-0.2, -0.15) is 5.10 Å². The van der Waals surface area contributed by atoms with Gasteiger partial charge in [0, 0.05) is 24.3 Å². The van der Waals surface area contributed by atoms with Crippen molar-refractivity contribution in [1.29, 1.82) is 0 Å². The highest BCUT2D eigenvalue weighted by molar-refractivity contribution is 5.39. The van der Waals surface area contributed by atoms with Gasteiger partial charge in [0.05, 0.1) is 18.5 Å². The van der Waals surface area contributed by atoms with Gasteiger partial charge in [0.25, 0.3) is 0 Å². The first-order chi connectivity index (χ1) is 9.78. The molecular weight excluding hydrogens is 250 g/mol. The monoisotopic (exact) mass is 271 g/mol. The van der Waals surface area contributed by atoms with E-state index in [4.69, 9.17) is 0 Å². The zero-order chi connectivity index (χ0) is 13.9. The molecule has 106 valence electrons. The third kappa shape index (κ3) is 2.62. The number of hydrogen-bond donors (Lipinski definition) is 1. The maximum atomic E-state index is 9.37. The summed E-state index contributed by atoms with van der Waals surface area (Å²) in [6, 6.07) is 8.57. The lowest BCUT2D eigenvalue weighted by atomic mass is 10.2. The van der Waals surface area contributed by atoms with Gasteiger partial charge in [0.15, 0.2) is 0 Å². The number of aromatic nitrogens is 2. The zero-order valence-electron chi connectivity index (χ0n) is 11.9. The van der Waals surface area contributed by atoms with Crippen LogP contribution >= 0.6 is 0 Å². The molecule has 1 aliphatic heterocycles. The molecule has 1 aromatic carbocycles. The van der Waals surface area contributed by atoms with E-state index in [1.807, 2.05) is 23.0 Å². The Kier molecular flexibility index (Phi) is 3.85. The van der Waals surface area contributed by atoms with E-state index < -0.39 is 0 Å². The molecule has 1 fully saturated rings. The van der Waals surface area contributed by atoms with Gasteiger partial charge >= 0.3 is 0 Å². The minimum atomic E-state index is 0.256. The highest BCUT2D eigenvalue weighted by atomic mass is 16.3. The van der Waals surface area contributed by atoms with E-state index in [0.717, 1.165) is 25.2 Å². The van der Waals surface area contributed by atoms with Crippen LogP contribution < -0.4 is 0 Å². The van der Waals surface area contributed by atoms with Gasteiger partial charge in [-0.15, -0.1) is 0 Å². The molecule has 1 saturated heterocycles. The van der Waals surface area contributed by atoms with Crippen LogP contribution in [0.4, 0.5) is 0 Å². The molecule has 1 aliphatic rings. The van der Waals surface area contributed by atoms with Crippen LogP contribution in [0.15, 0.2) is 36.7 Å². The van der Waals surface area contributed by atoms with Crippen LogP contribution in [0.1, 0.15) is 24.0 Å². The van der Waals surface area contributed by atoms with Crippen LogP contribution in [0.25, 0.3) is 5.69 Å². The van der Waals surface area contributed by atoms with Gasteiger partial charge in [-0.3, -0.25) is 4.90 Å². The molecule has 3 rings (SSSR count). The molecule has 0 saturated carbocycles. The normalized spacial score (nSPS) is 19.6. The van der Waals surface area contributed by atoms with E-state index in [-0.39, 0.29) is 6.61 Å². The van der Waals surface area contributed by atoms with Crippen LogP contribution in [0.2, 0.25) is 0 Å². The van der Waals surface area contributed by atoms with Crippen molar-refractivity contribution < 1.29 is 5.11 Å². The quantitative estimate of drug-likeness (QED) is 0.926. The van der Waals surface area contributed by atoms with Crippen molar-refractivity contribution in [2.75, 3.05) is 13.2 Å². The van der Waals surface area contributed by atoms with Gasteiger partial charge in [-0.1, -0.05) is 18.2 Å². The molecule has 1 aromatic heterocycles. The lowest BCUT2D eigenvalue weighted by Gasteiger charge is -2.21. The van der Waals surface area contributed by atoms with Gasteiger partial charge in [0.1, 0.15) is 0 Å². The largest absolute Gasteiger partial charge is 0.395 e. The van der Waals surface area contributed by atoms with Gasteiger partial charge < -0.3 is 5.11 Å². The van der Waals surface area contributed by atoms with E-state index in [1.54, 1.807) is 0 Å². The van der Waals surface area contributed by atoms with Crippen molar-refractivity contribution in [2.24, 2.45) is 0 Å². The van der Waals surface area contributed by atoms with E-state index in [2.05, 4.69) is 35.3 Å². The number of hydrogen-bond acceptors (Lipinski definition) is 3. The van der Waals surface area contributed by atoms with Gasteiger partial charge in [-0.25, -0.2) is 4.68 Å². The fourth-order valence-corrected chi connectivity index (χ4v) is 2.94. The van der Waals surface area contributed by atoms with Crippen molar-refractivity contribution >= 4 is 0 Å². The van der Waals surface area contributed by atoms with Crippen molar-refractivity contribution in [2.45, 2.75) is 32.4 Å². The molecule has 0 unspecified atom stereocenters. The molecule has 0 bridgehead atoms. The predicted octanol–water partition coefficient (Wildman–Crippen LogP) is 2.14. The summed E-state index contributed by atoms with van der Waals surface area (Å²) in [5, 5.41) is 13.8. The standard InChI is InChI=1S/C16H21N3O/c1-13-5-2-3-7-16(13)19-11-14(9-17-19)10-18-8-4-6-15(18)12-20/h2-3,5,7,9,11,15,20H,4,6,8,10,12H2,1H3/t15-/m0/s1. The summed E-state index contributed by atoms with van der Waals surface area (Å²) in [5.41, 5.74) is 3.55. The predicted molar refractivity (Wildman–Crippen MR) is 78.8 cm³/mol. The van der Waals surface area contributed by atoms with Crippen LogP contribution in [0.5, 0.6) is 0 Å². The number of aryl methyl sites for hydroxylation is 1. The van der Waals surface area contributed by atoms with Gasteiger partial charge in [-0.05, 0) is 37.9 Å². The molecule has 4 nitrogen and oxygen atoms in total. The first-order valence-electron chi connectivity index (χ1n) is 7.22. The first-order valence-corrected chi connectivity index (χ1v) is 7.22. The Labute approximate surface area is 119 Å².